The molecule has 0 fully saturated rings. The number of carbonyl (C=O) groups excluding carboxylic acids is 2. The Morgan fingerprint density at radius 2 is 1.91 bits per heavy atom. The molecule has 0 saturated heterocycles. The molecule has 0 bridgehead atoms. The highest BCUT2D eigenvalue weighted by Gasteiger charge is 2.41. The highest BCUT2D eigenvalue weighted by atomic mass is 16.5. The van der Waals surface area contributed by atoms with Gasteiger partial charge in [-0.05, 0) is 35.9 Å². The molecule has 8 heteroatoms. The Morgan fingerprint density at radius 1 is 1.09 bits per heavy atom. The smallest absolute Gasteiger partial charge is 0.253 e. The Morgan fingerprint density at radius 3 is 2.72 bits per heavy atom. The SMILES string of the molecule is COc1ccccc1NC(=O)CC1C(=O)N(Cc2cccnc2)c2nc3ccccc3n21. The minimum absolute atomic E-state index is 0.0201. The number of para-hydroxylation sites is 4. The maximum Gasteiger partial charge on any atom is 0.253 e. The number of hydrogen-bond donors (Lipinski definition) is 1. The predicted molar refractivity (Wildman–Crippen MR) is 120 cm³/mol. The Kier molecular flexibility index (Phi) is 5.03. The first-order valence-electron chi connectivity index (χ1n) is 10.3. The summed E-state index contributed by atoms with van der Waals surface area (Å²) in [5, 5.41) is 2.87. The third-order valence-corrected chi connectivity index (χ3v) is 5.50. The Hall–Kier alpha value is -4.20. The van der Waals surface area contributed by atoms with E-state index in [0.717, 1.165) is 16.6 Å². The van der Waals surface area contributed by atoms with Crippen LogP contribution in [0.4, 0.5) is 11.6 Å². The summed E-state index contributed by atoms with van der Waals surface area (Å²) >= 11 is 0. The molecule has 1 aliphatic heterocycles. The van der Waals surface area contributed by atoms with Gasteiger partial charge in [-0.1, -0.05) is 30.3 Å². The topological polar surface area (TPSA) is 89.3 Å². The third-order valence-electron chi connectivity index (χ3n) is 5.50. The molecule has 1 N–H and O–H groups in total. The van der Waals surface area contributed by atoms with Crippen LogP contribution in [0.1, 0.15) is 18.0 Å². The number of aromatic nitrogens is 3. The number of fused-ring (bicyclic) bond motifs is 3. The molecule has 2 aromatic carbocycles. The number of nitrogens with one attached hydrogen (secondary N) is 1. The van der Waals surface area contributed by atoms with Gasteiger partial charge in [-0.2, -0.15) is 0 Å². The average molecular weight is 427 g/mol. The fraction of sp³-hybridized carbons (Fsp3) is 0.167. The molecule has 1 aliphatic rings. The first-order chi connectivity index (χ1) is 15.7. The highest BCUT2D eigenvalue weighted by Crippen LogP contribution is 2.37. The number of ether oxygens (including phenoxy) is 1. The lowest BCUT2D eigenvalue weighted by Gasteiger charge is -2.16. The van der Waals surface area contributed by atoms with E-state index in [1.165, 1.54) is 0 Å². The molecule has 2 amide bonds. The molecule has 0 radical (unpaired) electrons. The molecular formula is C24H21N5O3. The number of hydrogen-bond acceptors (Lipinski definition) is 5. The van der Waals surface area contributed by atoms with E-state index in [0.29, 0.717) is 23.9 Å². The maximum atomic E-state index is 13.4. The van der Waals surface area contributed by atoms with Gasteiger partial charge in [0, 0.05) is 12.4 Å². The number of rotatable bonds is 6. The Bertz CT molecular complexity index is 1300. The fourth-order valence-corrected chi connectivity index (χ4v) is 4.04. The van der Waals surface area contributed by atoms with Crippen molar-refractivity contribution in [2.24, 2.45) is 0 Å². The van der Waals surface area contributed by atoms with E-state index in [9.17, 15) is 9.59 Å². The van der Waals surface area contributed by atoms with Crippen LogP contribution >= 0.6 is 0 Å². The third kappa shape index (κ3) is 3.45. The second-order valence-corrected chi connectivity index (χ2v) is 7.52. The van der Waals surface area contributed by atoms with E-state index < -0.39 is 6.04 Å². The standard InChI is InChI=1S/C24H21N5O3/c1-32-21-11-5-3-9-18(21)26-22(30)13-20-23(31)28(15-16-7-6-12-25-14-16)24-27-17-8-2-4-10-19(17)29(20)24/h2-12,14,20H,13,15H2,1H3,(H,26,30). The molecule has 1 unspecified atom stereocenters. The largest absolute Gasteiger partial charge is 0.495 e. The number of amides is 2. The molecule has 1 atom stereocenters. The number of methoxy groups -OCH3 is 1. The van der Waals surface area contributed by atoms with Gasteiger partial charge in [-0.3, -0.25) is 24.0 Å². The summed E-state index contributed by atoms with van der Waals surface area (Å²) in [6, 6.07) is 17.9. The van der Waals surface area contributed by atoms with Crippen LogP contribution in [0.5, 0.6) is 5.75 Å². The average Bonchev–Trinajstić information content (AvgIpc) is 3.31. The molecule has 0 saturated carbocycles. The second kappa shape index (κ2) is 8.14. The first kappa shape index (κ1) is 19.7. The summed E-state index contributed by atoms with van der Waals surface area (Å²) < 4.78 is 7.17. The van der Waals surface area contributed by atoms with Gasteiger partial charge in [-0.25, -0.2) is 4.98 Å². The van der Waals surface area contributed by atoms with Crippen molar-refractivity contribution in [2.45, 2.75) is 19.0 Å². The van der Waals surface area contributed by atoms with Gasteiger partial charge in [-0.15, -0.1) is 0 Å². The van der Waals surface area contributed by atoms with Gasteiger partial charge < -0.3 is 10.1 Å². The van der Waals surface area contributed by atoms with Crippen molar-refractivity contribution < 1.29 is 14.3 Å². The van der Waals surface area contributed by atoms with Gasteiger partial charge in [0.15, 0.2) is 0 Å². The first-order valence-corrected chi connectivity index (χ1v) is 10.3. The molecule has 3 heterocycles. The monoisotopic (exact) mass is 427 g/mol. The van der Waals surface area contributed by atoms with Crippen LogP contribution in [-0.2, 0) is 16.1 Å². The van der Waals surface area contributed by atoms with Gasteiger partial charge >= 0.3 is 0 Å². The van der Waals surface area contributed by atoms with Crippen LogP contribution in [0.3, 0.4) is 0 Å². The van der Waals surface area contributed by atoms with E-state index >= 15 is 0 Å². The van der Waals surface area contributed by atoms with Crippen molar-refractivity contribution in [1.82, 2.24) is 14.5 Å². The van der Waals surface area contributed by atoms with Crippen molar-refractivity contribution in [1.29, 1.82) is 0 Å². The Labute approximate surface area is 184 Å². The number of imidazole rings is 1. The lowest BCUT2D eigenvalue weighted by molar-refractivity contribution is -0.124. The van der Waals surface area contributed by atoms with E-state index in [-0.39, 0.29) is 18.2 Å². The van der Waals surface area contributed by atoms with Crippen LogP contribution in [0.2, 0.25) is 0 Å². The fourth-order valence-electron chi connectivity index (χ4n) is 4.04. The number of nitrogens with zero attached hydrogens (tertiary/aromatic N) is 4. The summed E-state index contributed by atoms with van der Waals surface area (Å²) in [5.74, 6) is 0.651. The lowest BCUT2D eigenvalue weighted by Crippen LogP contribution is -2.31. The minimum atomic E-state index is -0.691. The normalized spacial score (nSPS) is 15.1. The van der Waals surface area contributed by atoms with Crippen LogP contribution in [-0.4, -0.2) is 33.5 Å². The molecule has 32 heavy (non-hydrogen) atoms. The van der Waals surface area contributed by atoms with Crippen LogP contribution in [0.15, 0.2) is 73.1 Å². The Balaban J connectivity index is 1.47. The molecule has 0 spiro atoms. The molecule has 8 nitrogen and oxygen atoms in total. The van der Waals surface area contributed by atoms with Crippen LogP contribution in [0, 0.1) is 0 Å². The van der Waals surface area contributed by atoms with Crippen molar-refractivity contribution >= 4 is 34.5 Å². The molecule has 2 aromatic heterocycles. The quantitative estimate of drug-likeness (QED) is 0.508. The van der Waals surface area contributed by atoms with Gasteiger partial charge in [0.2, 0.25) is 11.9 Å². The molecule has 5 rings (SSSR count). The van der Waals surface area contributed by atoms with Gasteiger partial charge in [0.1, 0.15) is 11.8 Å². The molecule has 160 valence electrons. The number of anilines is 2. The predicted octanol–water partition coefficient (Wildman–Crippen LogP) is 3.56. The van der Waals surface area contributed by atoms with E-state index in [1.54, 1.807) is 36.5 Å². The zero-order valence-electron chi connectivity index (χ0n) is 17.4. The highest BCUT2D eigenvalue weighted by molar-refractivity contribution is 6.05. The van der Waals surface area contributed by atoms with Crippen LogP contribution < -0.4 is 15.0 Å². The number of carbonyl (C=O) groups is 2. The zero-order valence-corrected chi connectivity index (χ0v) is 17.4. The summed E-state index contributed by atoms with van der Waals surface area (Å²) in [6.45, 7) is 0.334. The number of benzene rings is 2. The maximum absolute atomic E-state index is 13.4. The van der Waals surface area contributed by atoms with Gasteiger partial charge in [0.25, 0.3) is 5.91 Å². The second-order valence-electron chi connectivity index (χ2n) is 7.52. The number of pyridine rings is 1. The van der Waals surface area contributed by atoms with Crippen molar-refractivity contribution in [2.75, 3.05) is 17.3 Å². The molecular weight excluding hydrogens is 406 g/mol. The molecule has 4 aromatic rings. The molecule has 0 aliphatic carbocycles. The zero-order chi connectivity index (χ0) is 22.1. The van der Waals surface area contributed by atoms with Crippen molar-refractivity contribution in [3.8, 4) is 5.75 Å². The van der Waals surface area contributed by atoms with Gasteiger partial charge in [0.05, 0.1) is 36.8 Å². The van der Waals surface area contributed by atoms with E-state index in [2.05, 4.69) is 15.3 Å². The summed E-state index contributed by atoms with van der Waals surface area (Å²) in [5.41, 5.74) is 3.05. The summed E-state index contributed by atoms with van der Waals surface area (Å²) in [6.07, 6.45) is 3.39. The minimum Gasteiger partial charge on any atom is -0.495 e. The lowest BCUT2D eigenvalue weighted by atomic mass is 10.1. The summed E-state index contributed by atoms with van der Waals surface area (Å²) in [4.78, 5) is 36.8. The summed E-state index contributed by atoms with van der Waals surface area (Å²) in [7, 11) is 1.55. The van der Waals surface area contributed by atoms with E-state index in [4.69, 9.17) is 4.74 Å². The van der Waals surface area contributed by atoms with E-state index in [1.807, 2.05) is 53.1 Å². The van der Waals surface area contributed by atoms with Crippen LogP contribution in [0.25, 0.3) is 11.0 Å². The van der Waals surface area contributed by atoms with Crippen molar-refractivity contribution in [3.63, 3.8) is 0 Å². The van der Waals surface area contributed by atoms with Crippen molar-refractivity contribution in [3.05, 3.63) is 78.6 Å².